The molecule has 3 fully saturated rings. The van der Waals surface area contributed by atoms with Crippen molar-refractivity contribution in [1.82, 2.24) is 0 Å². The molecule has 3 saturated heterocycles. The van der Waals surface area contributed by atoms with Gasteiger partial charge in [-0.05, 0) is 254 Å². The van der Waals surface area contributed by atoms with E-state index in [1.165, 1.54) is 57.2 Å². The van der Waals surface area contributed by atoms with E-state index in [0.717, 1.165) is 101 Å². The molecule has 6 aromatic rings. The van der Waals surface area contributed by atoms with Gasteiger partial charge in [0, 0.05) is 91.8 Å². The van der Waals surface area contributed by atoms with E-state index in [2.05, 4.69) is 98.8 Å². The molecule has 52 heteroatoms. The van der Waals surface area contributed by atoms with Gasteiger partial charge in [-0.1, -0.05) is 13.8 Å². The molecule has 0 aliphatic carbocycles. The molecular formula is C66H78B6F15I3O25S3. The van der Waals surface area contributed by atoms with E-state index in [1.807, 2.05) is 0 Å². The van der Waals surface area contributed by atoms with E-state index in [0.29, 0.717) is 52.9 Å². The molecule has 0 amide bonds. The van der Waals surface area contributed by atoms with Crippen LogP contribution in [0, 0.1) is 51.0 Å². The Morgan fingerprint density at radius 3 is 0.983 bits per heavy atom. The summed E-state index contributed by atoms with van der Waals surface area (Å²) in [6.45, 7) is 16.8. The zero-order chi connectivity index (χ0) is 88.6. The third kappa shape index (κ3) is 40.0. The first-order valence-corrected chi connectivity index (χ1v) is 41.9. The van der Waals surface area contributed by atoms with Crippen molar-refractivity contribution in [2.45, 2.75) is 143 Å². The summed E-state index contributed by atoms with van der Waals surface area (Å²) in [5.41, 5.74) is -15.1. The van der Waals surface area contributed by atoms with Crippen LogP contribution < -0.4 is 12.5 Å². The molecule has 0 bridgehead atoms. The first-order valence-electron chi connectivity index (χ1n) is 34.5. The van der Waals surface area contributed by atoms with Crippen LogP contribution in [0.2, 0.25) is 13.6 Å². The number of hydrogen-bond donors (Lipinski definition) is 1. The second-order valence-corrected chi connectivity index (χ2v) is 33.6. The molecule has 6 aromatic carbocycles. The van der Waals surface area contributed by atoms with Crippen LogP contribution in [-0.4, -0.2) is 149 Å². The number of hydrogen-bond acceptors (Lipinski definition) is 25. The third-order valence-electron chi connectivity index (χ3n) is 14.2. The topological polar surface area (TPSA) is 289 Å². The maximum atomic E-state index is 13.4. The predicted molar refractivity (Wildman–Crippen MR) is 423 cm³/mol. The molecule has 1 N–H and O–H groups in total. The minimum Gasteiger partial charge on any atom is -0.427 e. The smallest absolute Gasteiger partial charge is 0.427 e. The third-order valence-corrected chi connectivity index (χ3v) is 20.2. The minimum absolute atomic E-state index is 0.0210. The number of benzene rings is 6. The second-order valence-electron chi connectivity index (χ2n) is 25.5. The average molecular weight is 2100 g/mol. The summed E-state index contributed by atoms with van der Waals surface area (Å²) in [5.74, 6) is -5.32. The van der Waals surface area contributed by atoms with Crippen LogP contribution in [0.4, 0.5) is 65.9 Å². The monoisotopic (exact) mass is 2100 g/mol. The van der Waals surface area contributed by atoms with Crippen LogP contribution in [0.3, 0.4) is 0 Å². The molecule has 0 aromatic heterocycles. The molecule has 0 saturated carbocycles. The second kappa shape index (κ2) is 50.4. The summed E-state index contributed by atoms with van der Waals surface area (Å²) in [7, 11) is -21.4. The Hall–Kier alpha value is -4.54. The number of halogens is 18. The van der Waals surface area contributed by atoms with Crippen molar-refractivity contribution in [3.8, 4) is 17.2 Å². The minimum atomic E-state index is -5.90. The van der Waals surface area contributed by atoms with Crippen molar-refractivity contribution in [2.75, 3.05) is 46.8 Å². The fraction of sp³-hybridized carbons (Fsp3) is 0.455. The van der Waals surface area contributed by atoms with Crippen LogP contribution in [0.1, 0.15) is 94.2 Å². The molecule has 0 radical (unpaired) electrons. The summed E-state index contributed by atoms with van der Waals surface area (Å²) < 4.78 is 349. The van der Waals surface area contributed by atoms with E-state index in [4.69, 9.17) is 70.2 Å². The number of rotatable bonds is 29. The Labute approximate surface area is 715 Å². The molecule has 25 nitrogen and oxygen atoms in total. The molecule has 3 aliphatic heterocycles. The lowest BCUT2D eigenvalue weighted by atomic mass is 9.93. The summed E-state index contributed by atoms with van der Waals surface area (Å²) in [4.78, 5) is 0. The van der Waals surface area contributed by atoms with Crippen molar-refractivity contribution in [3.05, 3.63) is 188 Å². The molecule has 3 aliphatic rings. The van der Waals surface area contributed by atoms with Crippen molar-refractivity contribution in [2.24, 2.45) is 5.41 Å². The van der Waals surface area contributed by atoms with Crippen LogP contribution in [0.5, 0.6) is 17.2 Å². The van der Waals surface area contributed by atoms with Gasteiger partial charge in [-0.3, -0.25) is 0 Å². The van der Waals surface area contributed by atoms with E-state index in [1.54, 1.807) is 45.9 Å². The SMILES string of the molecule is CB(O)OCc1cc(F)ccc1OS(=O)(=O)C(F)(F)F.CC(C)OB(OCc1cc(F)ccc1OS(=O)(=O)C(F)(F)F)OC(C)C.CC1(C)COB(OCc2cc(F)ccc2I)OC1.COB(C)OCc1cc(F)ccc1OS(=O)(=O)C(F)(F)F.Fc1ccc(I)c(COB2OCCCCO2)c1.Fc1ccc(I)c(COB2OCCCO2)c1. The molecule has 118 heavy (non-hydrogen) atoms. The predicted octanol–water partition coefficient (Wildman–Crippen LogP) is 15.6. The molecular weight excluding hydrogens is 2020 g/mol. The Kier molecular flexibility index (Phi) is 45.2. The first-order chi connectivity index (χ1) is 54.9. The van der Waals surface area contributed by atoms with Gasteiger partial charge in [-0.25, -0.2) is 26.3 Å². The summed E-state index contributed by atoms with van der Waals surface area (Å²) in [6, 6.07) is 20.7. The van der Waals surface area contributed by atoms with Crippen molar-refractivity contribution in [3.63, 3.8) is 0 Å². The highest BCUT2D eigenvalue weighted by Gasteiger charge is 2.51. The summed E-state index contributed by atoms with van der Waals surface area (Å²) >= 11 is 6.44. The van der Waals surface area contributed by atoms with Crippen LogP contribution in [0.25, 0.3) is 0 Å². The normalized spacial score (nSPS) is 14.6. The molecule has 0 unspecified atom stereocenters. The maximum absolute atomic E-state index is 13.4. The van der Waals surface area contributed by atoms with Crippen LogP contribution in [0.15, 0.2) is 109 Å². The summed E-state index contributed by atoms with van der Waals surface area (Å²) in [5, 5.41) is 8.88. The van der Waals surface area contributed by atoms with Gasteiger partial charge in [0.1, 0.15) is 52.2 Å². The highest BCUT2D eigenvalue weighted by Crippen LogP contribution is 2.34. The van der Waals surface area contributed by atoms with Gasteiger partial charge in [0.05, 0.1) is 39.6 Å². The van der Waals surface area contributed by atoms with Crippen LogP contribution >= 0.6 is 67.8 Å². The zero-order valence-electron chi connectivity index (χ0n) is 63.9. The average Bonchev–Trinajstić information content (AvgIpc) is 0.820. The highest BCUT2D eigenvalue weighted by atomic mass is 127. The van der Waals surface area contributed by atoms with E-state index < -0.39 is 145 Å². The van der Waals surface area contributed by atoms with Gasteiger partial charge in [0.25, 0.3) is 0 Å². The van der Waals surface area contributed by atoms with Gasteiger partial charge in [0.2, 0.25) is 0 Å². The summed E-state index contributed by atoms with van der Waals surface area (Å²) in [6.07, 6.45) is 2.26. The van der Waals surface area contributed by atoms with E-state index >= 15 is 0 Å². The van der Waals surface area contributed by atoms with Crippen molar-refractivity contribution in [1.29, 1.82) is 0 Å². The Morgan fingerprint density at radius 1 is 0.424 bits per heavy atom. The largest absolute Gasteiger partial charge is 0.640 e. The van der Waals surface area contributed by atoms with Gasteiger partial charge >= 0.3 is 90.4 Å². The van der Waals surface area contributed by atoms with Gasteiger partial charge in [-0.15, -0.1) is 0 Å². The maximum Gasteiger partial charge on any atom is 0.640 e. The van der Waals surface area contributed by atoms with Gasteiger partial charge in [-0.2, -0.15) is 64.8 Å². The molecule has 9 rings (SSSR count). The first kappa shape index (κ1) is 106. The molecule has 3 heterocycles. The number of alkyl halides is 9. The highest BCUT2D eigenvalue weighted by molar-refractivity contribution is 14.1. The van der Waals surface area contributed by atoms with E-state index in [-0.39, 0.29) is 58.4 Å². The van der Waals surface area contributed by atoms with Crippen molar-refractivity contribution >= 4 is 142 Å². The quantitative estimate of drug-likeness (QED) is 0.0150. The molecule has 0 spiro atoms. The molecule has 654 valence electrons. The fourth-order valence-electron chi connectivity index (χ4n) is 8.40. The Morgan fingerprint density at radius 2 is 0.695 bits per heavy atom. The fourth-order valence-corrected chi connectivity index (χ4v) is 11.4. The van der Waals surface area contributed by atoms with Crippen LogP contribution in [-0.2, 0) is 140 Å². The lowest BCUT2D eigenvalue weighted by Gasteiger charge is -2.32. The van der Waals surface area contributed by atoms with Gasteiger partial charge < -0.3 is 87.4 Å². The standard InChI is InChI=1S/C14H19BF4O6S.C12H15BFIO3.C11H13BFIO3.C10H11BF4O5S.C10H11BFIO3.C9H9BF4O5S/c1-9(2)23-15(24-10(3)4)22-8-11-7-12(16)5-6-13(11)25-26(20,21)14(17,18)19;1-12(2)7-17-13(18-8-12)16-6-9-5-10(14)3-4-11(9)15;13-10-3-4-11(14)9(7-10)8-17-12-15-5-1-2-6-16-12;1-11(18-2)19-6-7-5-8(12)3-4-9(7)20-21(16,17)10(13,14)15;12-9-2-3-10(13)8(6-9)7-16-11-14-4-1-5-15-11;1-10(15)18-5-6-4-7(11)2-3-8(6)19-20(16,17)9(12,13)14/h5-7,9-10H,8H2,1-4H3;3-5H,6-8H2,1-2H3;3-4,7H,1-2,5-6,8H2;3-5H,6H2,1-2H3;2-3,6H,1,4-5,7H2;2-4,15H,5H2,1H3. The zero-order valence-corrected chi connectivity index (χ0v) is 72.8. The van der Waals surface area contributed by atoms with Gasteiger partial charge in [0.15, 0.2) is 0 Å². The Balaban J connectivity index is 0.000000300. The van der Waals surface area contributed by atoms with E-state index in [9.17, 15) is 91.1 Å². The lowest BCUT2D eigenvalue weighted by molar-refractivity contribution is -0.0505. The molecule has 0 atom stereocenters. The Bertz CT molecular complexity index is 4400. The van der Waals surface area contributed by atoms with Crippen molar-refractivity contribution < 1.29 is 178 Å². The lowest BCUT2D eigenvalue weighted by Crippen LogP contribution is -2.42.